The van der Waals surface area contributed by atoms with E-state index >= 15 is 0 Å². The van der Waals surface area contributed by atoms with Crippen molar-refractivity contribution in [2.45, 2.75) is 23.6 Å². The Kier molecular flexibility index (Phi) is 5.77. The summed E-state index contributed by atoms with van der Waals surface area (Å²) in [5.41, 5.74) is 1.42. The third-order valence-corrected chi connectivity index (χ3v) is 7.93. The van der Waals surface area contributed by atoms with Gasteiger partial charge in [-0.15, -0.1) is 0 Å². The van der Waals surface area contributed by atoms with Gasteiger partial charge in [-0.3, -0.25) is 9.52 Å². The van der Waals surface area contributed by atoms with Crippen molar-refractivity contribution in [2.24, 2.45) is 4.40 Å². The average Bonchev–Trinajstić information content (AvgIpc) is 2.79. The van der Waals surface area contributed by atoms with E-state index in [0.29, 0.717) is 11.1 Å². The number of carbonyl (C=O) groups excluding carboxylic acids is 1. The summed E-state index contributed by atoms with van der Waals surface area (Å²) in [6, 6.07) is 18.9. The first-order valence-electron chi connectivity index (χ1n) is 9.94. The van der Waals surface area contributed by atoms with Crippen molar-refractivity contribution >= 4 is 31.5 Å². The van der Waals surface area contributed by atoms with Gasteiger partial charge < -0.3 is 0 Å². The van der Waals surface area contributed by atoms with Gasteiger partial charge in [0, 0.05) is 11.1 Å². The predicted octanol–water partition coefficient (Wildman–Crippen LogP) is 3.54. The number of nitrogens with one attached hydrogen (secondary N) is 1. The molecule has 9 heteroatoms. The molecule has 0 atom stereocenters. The molecule has 0 radical (unpaired) electrons. The monoisotopic (exact) mass is 480 g/mol. The van der Waals surface area contributed by atoms with Gasteiger partial charge >= 0.3 is 0 Å². The van der Waals surface area contributed by atoms with Gasteiger partial charge in [0.2, 0.25) is 5.78 Å². The standard InChI is InChI=1S/C24H20N2O5S2/c1-16-12-13-17(2)23(14-16)33(30,31)25-21-15-22(24(27)20-11-7-6-10-19(20)21)26-32(28,29)18-8-4-3-5-9-18/h3-15,26H,1-2H3/b25-21+. The summed E-state index contributed by atoms with van der Waals surface area (Å²) in [7, 11) is -8.21. The molecule has 1 aliphatic rings. The number of nitrogens with zero attached hydrogens (tertiary/aromatic N) is 1. The number of aryl methyl sites for hydroxylation is 2. The minimum absolute atomic E-state index is 0.0287. The molecule has 168 valence electrons. The highest BCUT2D eigenvalue weighted by atomic mass is 32.2. The van der Waals surface area contributed by atoms with Crippen molar-refractivity contribution in [3.05, 3.63) is 107 Å². The van der Waals surface area contributed by atoms with Crippen molar-refractivity contribution in [2.75, 3.05) is 0 Å². The van der Waals surface area contributed by atoms with Gasteiger partial charge in [-0.2, -0.15) is 12.8 Å². The zero-order chi connectivity index (χ0) is 23.8. The Labute approximate surface area is 192 Å². The lowest BCUT2D eigenvalue weighted by Crippen LogP contribution is -2.31. The summed E-state index contributed by atoms with van der Waals surface area (Å²) in [6.45, 7) is 3.44. The lowest BCUT2D eigenvalue weighted by molar-refractivity contribution is 0.102. The molecule has 33 heavy (non-hydrogen) atoms. The van der Waals surface area contributed by atoms with Crippen molar-refractivity contribution in [1.82, 2.24) is 4.72 Å². The van der Waals surface area contributed by atoms with Gasteiger partial charge in [-0.05, 0) is 49.2 Å². The van der Waals surface area contributed by atoms with E-state index in [0.717, 1.165) is 11.6 Å². The van der Waals surface area contributed by atoms with Gasteiger partial charge in [0.15, 0.2) is 0 Å². The van der Waals surface area contributed by atoms with Crippen LogP contribution in [0.5, 0.6) is 0 Å². The first kappa shape index (κ1) is 22.6. The average molecular weight is 481 g/mol. The SMILES string of the molecule is Cc1ccc(C)c(S(=O)(=O)/N=C2\C=C(NS(=O)(=O)c3ccccc3)C(=O)c3ccccc32)c1. The number of hydrogen-bond acceptors (Lipinski definition) is 5. The summed E-state index contributed by atoms with van der Waals surface area (Å²) in [4.78, 5) is 13.0. The van der Waals surface area contributed by atoms with Crippen molar-refractivity contribution in [3.8, 4) is 0 Å². The molecule has 4 rings (SSSR count). The molecule has 0 aliphatic heterocycles. The number of allylic oxidation sites excluding steroid dienone is 2. The Morgan fingerprint density at radius 3 is 2.12 bits per heavy atom. The van der Waals surface area contributed by atoms with Crippen molar-refractivity contribution in [3.63, 3.8) is 0 Å². The fourth-order valence-corrected chi connectivity index (χ4v) is 5.84. The third-order valence-electron chi connectivity index (χ3n) is 5.11. The molecule has 0 spiro atoms. The first-order valence-corrected chi connectivity index (χ1v) is 12.9. The van der Waals surface area contributed by atoms with Gasteiger partial charge in [0.1, 0.15) is 0 Å². The molecule has 0 heterocycles. The third kappa shape index (κ3) is 4.50. The summed E-state index contributed by atoms with van der Waals surface area (Å²) >= 11 is 0. The second-order valence-corrected chi connectivity index (χ2v) is 10.8. The van der Waals surface area contributed by atoms with Gasteiger partial charge in [0.05, 0.1) is 21.2 Å². The van der Waals surface area contributed by atoms with Crippen LogP contribution < -0.4 is 4.72 Å². The Balaban J connectivity index is 1.85. The number of fused-ring (bicyclic) bond motifs is 1. The summed E-state index contributed by atoms with van der Waals surface area (Å²) in [5.74, 6) is -0.576. The van der Waals surface area contributed by atoms with Gasteiger partial charge in [-0.1, -0.05) is 54.6 Å². The summed E-state index contributed by atoms with van der Waals surface area (Å²) in [5, 5.41) is 0. The first-order chi connectivity index (χ1) is 15.6. The van der Waals surface area contributed by atoms with Crippen LogP contribution in [0.2, 0.25) is 0 Å². The molecule has 7 nitrogen and oxygen atoms in total. The Hall–Kier alpha value is -3.56. The Morgan fingerprint density at radius 1 is 0.788 bits per heavy atom. The largest absolute Gasteiger partial charge is 0.287 e. The van der Waals surface area contributed by atoms with E-state index in [1.54, 1.807) is 62.4 Å². The van der Waals surface area contributed by atoms with E-state index in [4.69, 9.17) is 0 Å². The molecule has 1 aliphatic carbocycles. The molecular weight excluding hydrogens is 460 g/mol. The van der Waals surface area contributed by atoms with E-state index in [9.17, 15) is 21.6 Å². The van der Waals surface area contributed by atoms with Crippen molar-refractivity contribution in [1.29, 1.82) is 0 Å². The van der Waals surface area contributed by atoms with Crippen LogP contribution in [0, 0.1) is 13.8 Å². The smallest absolute Gasteiger partial charge is 0.283 e. The Morgan fingerprint density at radius 2 is 1.42 bits per heavy atom. The van der Waals surface area contributed by atoms with E-state index in [1.165, 1.54) is 24.3 Å². The molecule has 0 fully saturated rings. The van der Waals surface area contributed by atoms with E-state index < -0.39 is 25.8 Å². The normalized spacial score (nSPS) is 15.2. The molecule has 1 N–H and O–H groups in total. The fraction of sp³-hybridized carbons (Fsp3) is 0.0833. The second kappa shape index (κ2) is 8.42. The number of Topliss-reactive ketones (excluding diaryl/α,β-unsaturated/α-hetero) is 1. The lowest BCUT2D eigenvalue weighted by Gasteiger charge is -2.19. The molecule has 0 bridgehead atoms. The van der Waals surface area contributed by atoms with Crippen LogP contribution in [0.1, 0.15) is 27.0 Å². The summed E-state index contributed by atoms with van der Waals surface area (Å²) in [6.07, 6.45) is 1.16. The van der Waals surface area contributed by atoms with Crippen LogP contribution in [0.3, 0.4) is 0 Å². The molecule has 0 aromatic heterocycles. The van der Waals surface area contributed by atoms with Crippen LogP contribution in [0.25, 0.3) is 0 Å². The van der Waals surface area contributed by atoms with E-state index in [1.807, 2.05) is 0 Å². The van der Waals surface area contributed by atoms with Gasteiger partial charge in [0.25, 0.3) is 20.0 Å². The molecule has 0 saturated heterocycles. The van der Waals surface area contributed by atoms with Crippen LogP contribution >= 0.6 is 0 Å². The zero-order valence-corrected chi connectivity index (χ0v) is 19.4. The number of sulfonamides is 2. The number of rotatable bonds is 5. The molecule has 0 saturated carbocycles. The van der Waals surface area contributed by atoms with Crippen LogP contribution in [0.4, 0.5) is 0 Å². The molecule has 3 aromatic rings. The summed E-state index contributed by atoms with van der Waals surface area (Å²) < 4.78 is 58.1. The minimum atomic E-state index is -4.14. The number of carbonyl (C=O) groups is 1. The lowest BCUT2D eigenvalue weighted by atomic mass is 9.93. The van der Waals surface area contributed by atoms with E-state index in [2.05, 4.69) is 9.12 Å². The zero-order valence-electron chi connectivity index (χ0n) is 17.8. The predicted molar refractivity (Wildman–Crippen MR) is 125 cm³/mol. The molecular formula is C24H20N2O5S2. The van der Waals surface area contributed by atoms with Crippen LogP contribution in [-0.2, 0) is 20.0 Å². The van der Waals surface area contributed by atoms with Crippen molar-refractivity contribution < 1.29 is 21.6 Å². The molecule has 3 aromatic carbocycles. The highest BCUT2D eigenvalue weighted by Crippen LogP contribution is 2.25. The fourth-order valence-electron chi connectivity index (χ4n) is 3.45. The number of hydrogen-bond donors (Lipinski definition) is 1. The molecule has 0 unspecified atom stereocenters. The maximum absolute atomic E-state index is 13.1. The van der Waals surface area contributed by atoms with Crippen LogP contribution in [-0.4, -0.2) is 28.3 Å². The van der Waals surface area contributed by atoms with Crippen LogP contribution in [0.15, 0.2) is 98.8 Å². The highest BCUT2D eigenvalue weighted by molar-refractivity contribution is 7.90. The van der Waals surface area contributed by atoms with Gasteiger partial charge in [-0.25, -0.2) is 8.42 Å². The maximum atomic E-state index is 13.1. The molecule has 0 amide bonds. The topological polar surface area (TPSA) is 110 Å². The Bertz CT molecular complexity index is 1540. The number of benzene rings is 3. The highest BCUT2D eigenvalue weighted by Gasteiger charge is 2.29. The maximum Gasteiger partial charge on any atom is 0.283 e. The second-order valence-electron chi connectivity index (χ2n) is 7.57. The quantitative estimate of drug-likeness (QED) is 0.601. The van der Waals surface area contributed by atoms with E-state index in [-0.39, 0.29) is 26.8 Å². The minimum Gasteiger partial charge on any atom is -0.287 e. The number of ketones is 1.